The number of carbonyl (C=O) groups is 1. The van der Waals surface area contributed by atoms with E-state index in [1.807, 2.05) is 55.6 Å². The SMILES string of the molecule is CO[C@]12CC[C@H](NC(=O)c3ccc4ccccc4c3)C[C@]1(c1cccc(O)c1)CCN(C)C2. The van der Waals surface area contributed by atoms with Crippen molar-refractivity contribution in [1.29, 1.82) is 0 Å². The molecule has 3 aromatic carbocycles. The van der Waals surface area contributed by atoms with Crippen molar-refractivity contribution in [3.05, 3.63) is 77.9 Å². The van der Waals surface area contributed by atoms with Crippen LogP contribution in [0, 0.1) is 0 Å². The van der Waals surface area contributed by atoms with E-state index < -0.39 is 0 Å². The maximum absolute atomic E-state index is 13.2. The zero-order valence-electron chi connectivity index (χ0n) is 19.4. The Labute approximate surface area is 195 Å². The molecule has 1 heterocycles. The van der Waals surface area contributed by atoms with Crippen LogP contribution in [0.5, 0.6) is 5.75 Å². The van der Waals surface area contributed by atoms with Gasteiger partial charge in [0.15, 0.2) is 0 Å². The van der Waals surface area contributed by atoms with Crippen LogP contribution in [0.2, 0.25) is 0 Å². The third-order valence-corrected chi connectivity index (χ3v) is 7.95. The maximum Gasteiger partial charge on any atom is 0.251 e. The Hall–Kier alpha value is -2.89. The quantitative estimate of drug-likeness (QED) is 0.623. The first-order valence-electron chi connectivity index (χ1n) is 11.8. The first kappa shape index (κ1) is 21.9. The lowest BCUT2D eigenvalue weighted by molar-refractivity contribution is -0.144. The third kappa shape index (κ3) is 3.79. The Morgan fingerprint density at radius 3 is 2.67 bits per heavy atom. The number of likely N-dealkylation sites (N-methyl/N-ethyl adjacent to an activating group) is 1. The van der Waals surface area contributed by atoms with Crippen molar-refractivity contribution in [2.24, 2.45) is 0 Å². The fraction of sp³-hybridized carbons (Fsp3) is 0.393. The first-order valence-corrected chi connectivity index (χ1v) is 11.8. The van der Waals surface area contributed by atoms with Gasteiger partial charge in [0.05, 0.1) is 5.60 Å². The van der Waals surface area contributed by atoms with E-state index in [0.29, 0.717) is 5.56 Å². The number of amides is 1. The highest BCUT2D eigenvalue weighted by Crippen LogP contribution is 2.53. The molecule has 0 radical (unpaired) electrons. The van der Waals surface area contributed by atoms with Crippen LogP contribution in [0.25, 0.3) is 10.8 Å². The monoisotopic (exact) mass is 444 g/mol. The average Bonchev–Trinajstić information content (AvgIpc) is 2.83. The predicted octanol–water partition coefficient (Wildman–Crippen LogP) is 4.49. The van der Waals surface area contributed by atoms with Crippen molar-refractivity contribution in [2.75, 3.05) is 27.2 Å². The molecule has 1 aliphatic carbocycles. The summed E-state index contributed by atoms with van der Waals surface area (Å²) in [4.78, 5) is 15.6. The summed E-state index contributed by atoms with van der Waals surface area (Å²) in [5.74, 6) is 0.239. The Kier molecular flexibility index (Phi) is 5.63. The number of benzene rings is 3. The van der Waals surface area contributed by atoms with Crippen molar-refractivity contribution in [1.82, 2.24) is 10.2 Å². The van der Waals surface area contributed by atoms with Crippen LogP contribution in [-0.2, 0) is 10.2 Å². The van der Waals surface area contributed by atoms with Gasteiger partial charge in [-0.15, -0.1) is 0 Å². The molecule has 2 N–H and O–H groups in total. The van der Waals surface area contributed by atoms with Gasteiger partial charge in [-0.05, 0) is 79.9 Å². The second-order valence-electron chi connectivity index (χ2n) is 9.79. The second-order valence-corrected chi connectivity index (χ2v) is 9.79. The minimum Gasteiger partial charge on any atom is -0.508 e. The number of hydrogen-bond acceptors (Lipinski definition) is 4. The summed E-state index contributed by atoms with van der Waals surface area (Å²) in [7, 11) is 3.95. The summed E-state index contributed by atoms with van der Waals surface area (Å²) in [5.41, 5.74) is 1.17. The molecule has 0 bridgehead atoms. The molecule has 0 unspecified atom stereocenters. The van der Waals surface area contributed by atoms with Gasteiger partial charge in [0.25, 0.3) is 5.91 Å². The average molecular weight is 445 g/mol. The van der Waals surface area contributed by atoms with Gasteiger partial charge >= 0.3 is 0 Å². The van der Waals surface area contributed by atoms with E-state index in [-0.39, 0.29) is 28.7 Å². The van der Waals surface area contributed by atoms with Crippen LogP contribution in [0.1, 0.15) is 41.6 Å². The summed E-state index contributed by atoms with van der Waals surface area (Å²) in [5, 5.41) is 15.8. The van der Waals surface area contributed by atoms with Gasteiger partial charge in [0, 0.05) is 30.7 Å². The van der Waals surface area contributed by atoms with Crippen molar-refractivity contribution < 1.29 is 14.6 Å². The molecule has 1 saturated carbocycles. The predicted molar refractivity (Wildman–Crippen MR) is 131 cm³/mol. The van der Waals surface area contributed by atoms with E-state index in [2.05, 4.69) is 29.4 Å². The summed E-state index contributed by atoms with van der Waals surface area (Å²) in [6.07, 6.45) is 3.42. The van der Waals surface area contributed by atoms with Crippen molar-refractivity contribution in [3.63, 3.8) is 0 Å². The van der Waals surface area contributed by atoms with E-state index in [1.54, 1.807) is 6.07 Å². The lowest BCUT2D eigenvalue weighted by Crippen LogP contribution is -2.67. The van der Waals surface area contributed by atoms with Crippen LogP contribution in [0.15, 0.2) is 66.7 Å². The molecule has 1 saturated heterocycles. The second kappa shape index (κ2) is 8.47. The number of nitrogens with zero attached hydrogens (tertiary/aromatic N) is 1. The van der Waals surface area contributed by atoms with E-state index in [1.165, 1.54) is 0 Å². The Balaban J connectivity index is 1.45. The topological polar surface area (TPSA) is 61.8 Å². The minimum atomic E-state index is -0.349. The number of carbonyl (C=O) groups excluding carboxylic acids is 1. The molecule has 5 nitrogen and oxygen atoms in total. The number of ether oxygens (including phenoxy) is 1. The number of likely N-dealkylation sites (tertiary alicyclic amines) is 1. The molecule has 3 aromatic rings. The molecule has 1 amide bonds. The maximum atomic E-state index is 13.2. The molecule has 0 spiro atoms. The molecule has 2 aliphatic rings. The van der Waals surface area contributed by atoms with Crippen molar-refractivity contribution >= 4 is 16.7 Å². The molecular weight excluding hydrogens is 412 g/mol. The fourth-order valence-corrected chi connectivity index (χ4v) is 6.23. The molecule has 3 atom stereocenters. The summed E-state index contributed by atoms with van der Waals surface area (Å²) in [6.45, 7) is 1.79. The number of hydrogen-bond donors (Lipinski definition) is 2. The number of nitrogens with one attached hydrogen (secondary N) is 1. The van der Waals surface area contributed by atoms with Gasteiger partial charge in [-0.25, -0.2) is 0 Å². The lowest BCUT2D eigenvalue weighted by Gasteiger charge is -2.59. The smallest absolute Gasteiger partial charge is 0.251 e. The summed E-state index contributed by atoms with van der Waals surface area (Å²) < 4.78 is 6.30. The van der Waals surface area contributed by atoms with Gasteiger partial charge in [0.1, 0.15) is 5.75 Å². The number of methoxy groups -OCH3 is 1. The largest absolute Gasteiger partial charge is 0.508 e. The van der Waals surface area contributed by atoms with Crippen LogP contribution in [0.4, 0.5) is 0 Å². The Morgan fingerprint density at radius 1 is 1.06 bits per heavy atom. The van der Waals surface area contributed by atoms with Crippen molar-refractivity contribution in [2.45, 2.75) is 42.7 Å². The molecule has 5 heteroatoms. The molecular formula is C28H32N2O3. The molecule has 0 aromatic heterocycles. The Bertz CT molecular complexity index is 1180. The zero-order valence-corrected chi connectivity index (χ0v) is 19.4. The highest BCUT2D eigenvalue weighted by atomic mass is 16.5. The standard InChI is InChI=1S/C28H32N2O3/c1-30-15-14-27(23-8-5-9-25(31)17-23)18-24(12-13-28(27,19-30)33-2)29-26(32)22-11-10-20-6-3-4-7-21(20)16-22/h3-11,16-17,24,31H,12-15,18-19H2,1-2H3,(H,29,32)/t24-,27-,28-/m0/s1. The number of rotatable bonds is 4. The van der Waals surface area contributed by atoms with E-state index in [4.69, 9.17) is 4.74 Å². The highest BCUT2D eigenvalue weighted by Gasteiger charge is 2.58. The number of aromatic hydroxyl groups is 1. The van der Waals surface area contributed by atoms with Crippen molar-refractivity contribution in [3.8, 4) is 5.75 Å². The molecule has 172 valence electrons. The van der Waals surface area contributed by atoms with Crippen LogP contribution in [-0.4, -0.2) is 54.8 Å². The minimum absolute atomic E-state index is 0.0327. The van der Waals surface area contributed by atoms with Crippen LogP contribution < -0.4 is 5.32 Å². The van der Waals surface area contributed by atoms with Gasteiger partial charge < -0.3 is 20.1 Å². The summed E-state index contributed by atoms with van der Waals surface area (Å²) in [6, 6.07) is 21.6. The van der Waals surface area contributed by atoms with Gasteiger partial charge in [-0.3, -0.25) is 4.79 Å². The van der Waals surface area contributed by atoms with Crippen LogP contribution in [0.3, 0.4) is 0 Å². The molecule has 5 rings (SSSR count). The molecule has 2 fully saturated rings. The van der Waals surface area contributed by atoms with E-state index in [0.717, 1.165) is 55.1 Å². The number of fused-ring (bicyclic) bond motifs is 2. The number of piperidine rings is 1. The fourth-order valence-electron chi connectivity index (χ4n) is 6.23. The van der Waals surface area contributed by atoms with Gasteiger partial charge in [0.2, 0.25) is 0 Å². The first-order chi connectivity index (χ1) is 15.9. The van der Waals surface area contributed by atoms with Gasteiger partial charge in [-0.2, -0.15) is 0 Å². The third-order valence-electron chi connectivity index (χ3n) is 7.95. The number of phenolic OH excluding ortho intramolecular Hbond substituents is 1. The summed E-state index contributed by atoms with van der Waals surface area (Å²) >= 11 is 0. The zero-order chi connectivity index (χ0) is 23.1. The highest BCUT2D eigenvalue weighted by molar-refractivity contribution is 5.98. The lowest BCUT2D eigenvalue weighted by atomic mass is 9.55. The molecule has 1 aliphatic heterocycles. The molecule has 33 heavy (non-hydrogen) atoms. The normalized spacial score (nSPS) is 27.8. The van der Waals surface area contributed by atoms with Gasteiger partial charge in [-0.1, -0.05) is 42.5 Å². The van der Waals surface area contributed by atoms with E-state index in [9.17, 15) is 9.90 Å². The Morgan fingerprint density at radius 2 is 1.88 bits per heavy atom. The van der Waals surface area contributed by atoms with Crippen LogP contribution >= 0.6 is 0 Å². The number of phenols is 1. The van der Waals surface area contributed by atoms with E-state index >= 15 is 0 Å².